The number of carbonyl (C=O) groups excluding carboxylic acids is 3. The maximum Gasteiger partial charge on any atom is 0.328 e. The average Bonchev–Trinajstić information content (AvgIpc) is 2.95. The van der Waals surface area contributed by atoms with Gasteiger partial charge in [-0.15, -0.1) is 6.58 Å². The molecule has 0 bridgehead atoms. The van der Waals surface area contributed by atoms with Crippen LogP contribution in [0, 0.1) is 11.7 Å². The van der Waals surface area contributed by atoms with Gasteiger partial charge in [0.15, 0.2) is 0 Å². The first-order chi connectivity index (χ1) is 19.9. The highest BCUT2D eigenvalue weighted by Crippen LogP contribution is 2.16. The van der Waals surface area contributed by atoms with Crippen LogP contribution in [0.5, 0.6) is 5.75 Å². The van der Waals surface area contributed by atoms with E-state index >= 15 is 0 Å². The summed E-state index contributed by atoms with van der Waals surface area (Å²) in [5, 5.41) is 5.22. The molecule has 0 spiro atoms. The Hall–Kier alpha value is -4.03. The molecule has 3 atom stereocenters. The van der Waals surface area contributed by atoms with E-state index in [1.54, 1.807) is 30.3 Å². The van der Waals surface area contributed by atoms with Crippen LogP contribution in [0.3, 0.4) is 0 Å². The van der Waals surface area contributed by atoms with E-state index in [0.29, 0.717) is 17.9 Å². The van der Waals surface area contributed by atoms with E-state index in [2.05, 4.69) is 28.5 Å². The lowest BCUT2D eigenvalue weighted by Crippen LogP contribution is -2.56. The van der Waals surface area contributed by atoms with Gasteiger partial charge in [-0.2, -0.15) is 4.72 Å². The van der Waals surface area contributed by atoms with Crippen LogP contribution < -0.4 is 20.1 Å². The number of hydrogen-bond acceptors (Lipinski definition) is 7. The molecule has 2 aromatic rings. The number of halogens is 1. The average molecular weight is 604 g/mol. The Balaban J connectivity index is 2.36. The van der Waals surface area contributed by atoms with Crippen molar-refractivity contribution in [2.75, 3.05) is 13.7 Å². The van der Waals surface area contributed by atoms with Crippen LogP contribution in [-0.2, 0) is 35.6 Å². The van der Waals surface area contributed by atoms with Crippen molar-refractivity contribution in [3.63, 3.8) is 0 Å². The summed E-state index contributed by atoms with van der Waals surface area (Å²) in [6, 6.07) is 7.40. The first-order valence-electron chi connectivity index (χ1n) is 13.3. The van der Waals surface area contributed by atoms with Crippen molar-refractivity contribution in [1.82, 2.24) is 15.4 Å². The SMILES string of the molecule is C=CCOc1ccc(C[C@H](NS(=O)(=O)c2ccc(F)cc2)C(=O)N[C@@H](CC(C)C)C(=O)N[C@@H](CC=C)C(=O)OC)cc1. The van der Waals surface area contributed by atoms with Crippen LogP contribution in [0.4, 0.5) is 4.39 Å². The highest BCUT2D eigenvalue weighted by atomic mass is 32.2. The minimum absolute atomic E-state index is 0.0468. The normalized spacial score (nSPS) is 13.4. The molecule has 2 amide bonds. The van der Waals surface area contributed by atoms with Gasteiger partial charge < -0.3 is 20.1 Å². The lowest BCUT2D eigenvalue weighted by Gasteiger charge is -2.25. The zero-order valence-corrected chi connectivity index (χ0v) is 24.8. The Morgan fingerprint density at radius 1 is 0.905 bits per heavy atom. The highest BCUT2D eigenvalue weighted by Gasteiger charge is 2.32. The van der Waals surface area contributed by atoms with E-state index in [4.69, 9.17) is 9.47 Å². The minimum atomic E-state index is -4.27. The molecule has 0 unspecified atom stereocenters. The molecule has 2 rings (SSSR count). The monoisotopic (exact) mass is 603 g/mol. The Morgan fingerprint density at radius 2 is 1.50 bits per heavy atom. The van der Waals surface area contributed by atoms with Crippen molar-refractivity contribution in [1.29, 1.82) is 0 Å². The van der Waals surface area contributed by atoms with Crippen LogP contribution in [0.1, 0.15) is 32.3 Å². The smallest absolute Gasteiger partial charge is 0.328 e. The van der Waals surface area contributed by atoms with E-state index in [1.165, 1.54) is 13.2 Å². The number of nitrogens with one attached hydrogen (secondary N) is 3. The minimum Gasteiger partial charge on any atom is -0.490 e. The third-order valence-corrected chi connectivity index (χ3v) is 7.50. The maximum atomic E-state index is 13.6. The topological polar surface area (TPSA) is 140 Å². The number of hydrogen-bond donors (Lipinski definition) is 3. The molecule has 0 radical (unpaired) electrons. The summed E-state index contributed by atoms with van der Waals surface area (Å²) < 4.78 is 52.4. The van der Waals surface area contributed by atoms with Crippen LogP contribution in [0.25, 0.3) is 0 Å². The fourth-order valence-corrected chi connectivity index (χ4v) is 5.14. The predicted molar refractivity (Wildman–Crippen MR) is 156 cm³/mol. The van der Waals surface area contributed by atoms with Crippen LogP contribution >= 0.6 is 0 Å². The van der Waals surface area contributed by atoms with Gasteiger partial charge in [0.2, 0.25) is 21.8 Å². The number of rotatable bonds is 17. The number of methoxy groups -OCH3 is 1. The zero-order valence-electron chi connectivity index (χ0n) is 24.0. The number of amides is 2. The van der Waals surface area contributed by atoms with Crippen molar-refractivity contribution in [2.24, 2.45) is 5.92 Å². The lowest BCUT2D eigenvalue weighted by atomic mass is 10.0. The quantitative estimate of drug-likeness (QED) is 0.187. The summed E-state index contributed by atoms with van der Waals surface area (Å²) in [5.41, 5.74) is 0.601. The summed E-state index contributed by atoms with van der Waals surface area (Å²) in [6.07, 6.45) is 3.27. The molecular formula is C30H38FN3O7S. The summed E-state index contributed by atoms with van der Waals surface area (Å²) in [5.74, 6) is -2.20. The van der Waals surface area contributed by atoms with Gasteiger partial charge in [0.1, 0.15) is 36.3 Å². The molecule has 0 heterocycles. The summed E-state index contributed by atoms with van der Waals surface area (Å²) in [6.45, 7) is 11.2. The number of benzene rings is 2. The second-order valence-corrected chi connectivity index (χ2v) is 11.6. The van der Waals surface area contributed by atoms with Gasteiger partial charge in [-0.3, -0.25) is 9.59 Å². The Bertz CT molecular complexity index is 1330. The summed E-state index contributed by atoms with van der Waals surface area (Å²) >= 11 is 0. The molecule has 0 aliphatic rings. The fourth-order valence-electron chi connectivity index (χ4n) is 3.94. The molecule has 12 heteroatoms. The molecule has 0 aliphatic carbocycles. The van der Waals surface area contributed by atoms with E-state index in [9.17, 15) is 27.2 Å². The van der Waals surface area contributed by atoms with Gasteiger partial charge >= 0.3 is 5.97 Å². The third kappa shape index (κ3) is 10.7. The fraction of sp³-hybridized carbons (Fsp3) is 0.367. The molecule has 0 aliphatic heterocycles. The van der Waals surface area contributed by atoms with E-state index in [-0.39, 0.29) is 30.1 Å². The first-order valence-corrected chi connectivity index (χ1v) is 14.8. The maximum absolute atomic E-state index is 13.6. The molecule has 0 saturated heterocycles. The predicted octanol–water partition coefficient (Wildman–Crippen LogP) is 3.04. The van der Waals surface area contributed by atoms with Crippen LogP contribution in [-0.4, -0.2) is 58.0 Å². The summed E-state index contributed by atoms with van der Waals surface area (Å²) in [4.78, 5) is 38.7. The van der Waals surface area contributed by atoms with Crippen molar-refractivity contribution >= 4 is 27.8 Å². The van der Waals surface area contributed by atoms with Crippen molar-refractivity contribution < 1.29 is 36.7 Å². The molecule has 3 N–H and O–H groups in total. The second-order valence-electron chi connectivity index (χ2n) is 9.87. The number of ether oxygens (including phenoxy) is 2. The Kier molecular flexibility index (Phi) is 13.4. The van der Waals surface area contributed by atoms with E-state index in [0.717, 1.165) is 24.3 Å². The number of carbonyl (C=O) groups is 3. The van der Waals surface area contributed by atoms with Crippen molar-refractivity contribution in [2.45, 2.75) is 56.1 Å². The Morgan fingerprint density at radius 3 is 2.05 bits per heavy atom. The third-order valence-electron chi connectivity index (χ3n) is 6.01. The van der Waals surface area contributed by atoms with E-state index < -0.39 is 51.7 Å². The van der Waals surface area contributed by atoms with Gasteiger partial charge in [-0.05, 0) is 67.1 Å². The molecule has 42 heavy (non-hydrogen) atoms. The van der Waals surface area contributed by atoms with Gasteiger partial charge in [-0.1, -0.05) is 44.7 Å². The molecule has 0 saturated carbocycles. The standard InChI is InChI=1S/C30H38FN3O7S/c1-6-8-25(30(37)40-5)32-28(35)26(18-20(3)4)33-29(36)27(19-21-9-13-23(14-10-21)41-17-7-2)34-42(38,39)24-15-11-22(31)12-16-24/h6-7,9-16,20,25-27,34H,1-2,8,17-19H2,3-5H3,(H,32,35)(H,33,36)/t25-,26-,27-/m0/s1. The van der Waals surface area contributed by atoms with Crippen LogP contribution in [0.2, 0.25) is 0 Å². The van der Waals surface area contributed by atoms with E-state index in [1.807, 2.05) is 13.8 Å². The summed E-state index contributed by atoms with van der Waals surface area (Å²) in [7, 11) is -3.08. The molecule has 10 nitrogen and oxygen atoms in total. The van der Waals surface area contributed by atoms with Gasteiger partial charge in [0.05, 0.1) is 12.0 Å². The van der Waals surface area contributed by atoms with Crippen molar-refractivity contribution in [3.8, 4) is 5.75 Å². The number of sulfonamides is 1. The zero-order chi connectivity index (χ0) is 31.3. The molecular weight excluding hydrogens is 565 g/mol. The Labute approximate surface area is 246 Å². The van der Waals surface area contributed by atoms with Gasteiger partial charge in [0, 0.05) is 0 Å². The molecule has 0 aromatic heterocycles. The van der Waals surface area contributed by atoms with Crippen LogP contribution in [0.15, 0.2) is 78.7 Å². The molecule has 2 aromatic carbocycles. The van der Waals surface area contributed by atoms with Crippen molar-refractivity contribution in [3.05, 3.63) is 85.2 Å². The number of esters is 1. The molecule has 228 valence electrons. The first kappa shape index (κ1) is 34.2. The van der Waals surface area contributed by atoms with Gasteiger partial charge in [-0.25, -0.2) is 17.6 Å². The highest BCUT2D eigenvalue weighted by molar-refractivity contribution is 7.89. The lowest BCUT2D eigenvalue weighted by molar-refractivity contribution is -0.145. The largest absolute Gasteiger partial charge is 0.490 e. The van der Waals surface area contributed by atoms with Gasteiger partial charge in [0.25, 0.3) is 0 Å². The molecule has 0 fully saturated rings. The second kappa shape index (κ2) is 16.4.